The SMILES string of the molecule is O=C(O)C1CCN(C(=O)C2CNNC2c2ccccc2F)CC1. The number of amides is 1. The Morgan fingerprint density at radius 3 is 2.57 bits per heavy atom. The van der Waals surface area contributed by atoms with Crippen molar-refractivity contribution in [3.8, 4) is 0 Å². The predicted molar refractivity (Wildman–Crippen MR) is 80.7 cm³/mol. The van der Waals surface area contributed by atoms with Gasteiger partial charge in [0.2, 0.25) is 5.91 Å². The number of piperidine rings is 1. The zero-order valence-electron chi connectivity index (χ0n) is 12.7. The fraction of sp³-hybridized carbons (Fsp3) is 0.500. The Kier molecular flexibility index (Phi) is 4.58. The molecule has 0 aliphatic carbocycles. The minimum Gasteiger partial charge on any atom is -0.481 e. The third-order valence-electron chi connectivity index (χ3n) is 4.70. The lowest BCUT2D eigenvalue weighted by Crippen LogP contribution is -2.44. The number of carbonyl (C=O) groups is 2. The molecule has 1 amide bonds. The van der Waals surface area contributed by atoms with Crippen molar-refractivity contribution in [1.82, 2.24) is 15.8 Å². The summed E-state index contributed by atoms with van der Waals surface area (Å²) in [4.78, 5) is 25.4. The summed E-state index contributed by atoms with van der Waals surface area (Å²) >= 11 is 0. The van der Waals surface area contributed by atoms with E-state index in [1.54, 1.807) is 23.1 Å². The topological polar surface area (TPSA) is 81.7 Å². The third kappa shape index (κ3) is 3.20. The number of carboxylic acid groups (broad SMARTS) is 1. The second-order valence-electron chi connectivity index (χ2n) is 6.07. The number of hydrogen-bond acceptors (Lipinski definition) is 4. The first-order valence-corrected chi connectivity index (χ1v) is 7.82. The third-order valence-corrected chi connectivity index (χ3v) is 4.70. The maximum absolute atomic E-state index is 14.0. The number of carboxylic acids is 1. The monoisotopic (exact) mass is 321 g/mol. The lowest BCUT2D eigenvalue weighted by Gasteiger charge is -2.33. The Hall–Kier alpha value is -1.99. The molecule has 2 aliphatic heterocycles. The van der Waals surface area contributed by atoms with E-state index in [0.29, 0.717) is 38.0 Å². The zero-order chi connectivity index (χ0) is 16.4. The maximum Gasteiger partial charge on any atom is 0.306 e. The van der Waals surface area contributed by atoms with E-state index in [1.807, 2.05) is 0 Å². The van der Waals surface area contributed by atoms with Gasteiger partial charge in [-0.1, -0.05) is 18.2 Å². The van der Waals surface area contributed by atoms with Gasteiger partial charge in [-0.2, -0.15) is 0 Å². The van der Waals surface area contributed by atoms with Crippen LogP contribution in [0.15, 0.2) is 24.3 Å². The smallest absolute Gasteiger partial charge is 0.306 e. The highest BCUT2D eigenvalue weighted by Crippen LogP contribution is 2.29. The Bertz CT molecular complexity index is 602. The Morgan fingerprint density at radius 1 is 1.22 bits per heavy atom. The van der Waals surface area contributed by atoms with Crippen LogP contribution in [0.1, 0.15) is 24.4 Å². The van der Waals surface area contributed by atoms with Crippen molar-refractivity contribution in [1.29, 1.82) is 0 Å². The summed E-state index contributed by atoms with van der Waals surface area (Å²) in [6.45, 7) is 1.31. The van der Waals surface area contributed by atoms with E-state index in [4.69, 9.17) is 5.11 Å². The summed E-state index contributed by atoms with van der Waals surface area (Å²) in [5.41, 5.74) is 6.38. The lowest BCUT2D eigenvalue weighted by atomic mass is 9.91. The van der Waals surface area contributed by atoms with Crippen LogP contribution in [-0.2, 0) is 9.59 Å². The highest BCUT2D eigenvalue weighted by molar-refractivity contribution is 5.81. The lowest BCUT2D eigenvalue weighted by molar-refractivity contribution is -0.146. The molecule has 1 aromatic carbocycles. The second kappa shape index (κ2) is 6.64. The maximum atomic E-state index is 14.0. The van der Waals surface area contributed by atoms with Gasteiger partial charge in [0.25, 0.3) is 0 Å². The summed E-state index contributed by atoms with van der Waals surface area (Å²) < 4.78 is 14.0. The standard InChI is InChI=1S/C16H20FN3O3/c17-13-4-2-1-3-11(13)14-12(9-18-19-14)15(21)20-7-5-10(6-8-20)16(22)23/h1-4,10,12,14,18-19H,5-9H2,(H,22,23). The molecule has 3 rings (SSSR count). The number of hydrazine groups is 1. The van der Waals surface area contributed by atoms with E-state index in [0.717, 1.165) is 0 Å². The van der Waals surface area contributed by atoms with E-state index < -0.39 is 17.9 Å². The van der Waals surface area contributed by atoms with Gasteiger partial charge in [-0.05, 0) is 18.9 Å². The molecular formula is C16H20FN3O3. The number of halogens is 1. The number of aliphatic carboxylic acids is 1. The van der Waals surface area contributed by atoms with Gasteiger partial charge in [0.15, 0.2) is 0 Å². The Balaban J connectivity index is 1.70. The van der Waals surface area contributed by atoms with E-state index in [1.165, 1.54) is 6.07 Å². The summed E-state index contributed by atoms with van der Waals surface area (Å²) in [6.07, 6.45) is 0.942. The largest absolute Gasteiger partial charge is 0.481 e. The number of benzene rings is 1. The first-order chi connectivity index (χ1) is 11.1. The first kappa shape index (κ1) is 15.9. The van der Waals surface area contributed by atoms with Gasteiger partial charge >= 0.3 is 5.97 Å². The molecule has 0 spiro atoms. The van der Waals surface area contributed by atoms with Gasteiger partial charge < -0.3 is 10.0 Å². The summed E-state index contributed by atoms with van der Waals surface area (Å²) in [6, 6.07) is 6.01. The van der Waals surface area contributed by atoms with Gasteiger partial charge in [0, 0.05) is 25.2 Å². The quantitative estimate of drug-likeness (QED) is 0.771. The molecule has 3 N–H and O–H groups in total. The fourth-order valence-electron chi connectivity index (χ4n) is 3.33. The van der Waals surface area contributed by atoms with Gasteiger partial charge in [-0.15, -0.1) is 0 Å². The summed E-state index contributed by atoms with van der Waals surface area (Å²) in [7, 11) is 0. The Morgan fingerprint density at radius 2 is 1.91 bits per heavy atom. The number of carbonyl (C=O) groups excluding carboxylic acids is 1. The number of hydrogen-bond donors (Lipinski definition) is 3. The molecule has 0 radical (unpaired) electrons. The van der Waals surface area contributed by atoms with Gasteiger partial charge in [-0.25, -0.2) is 9.82 Å². The van der Waals surface area contributed by atoms with Crippen molar-refractivity contribution < 1.29 is 19.1 Å². The normalized spacial score (nSPS) is 25.5. The number of nitrogens with one attached hydrogen (secondary N) is 2. The summed E-state index contributed by atoms with van der Waals surface area (Å²) in [5.74, 6) is -1.96. The molecule has 2 aliphatic rings. The minimum absolute atomic E-state index is 0.0559. The van der Waals surface area contributed by atoms with E-state index in [9.17, 15) is 14.0 Å². The fourth-order valence-corrected chi connectivity index (χ4v) is 3.33. The van der Waals surface area contributed by atoms with Crippen LogP contribution in [0.3, 0.4) is 0 Å². The van der Waals surface area contributed by atoms with Gasteiger partial charge in [-0.3, -0.25) is 15.0 Å². The van der Waals surface area contributed by atoms with Crippen LogP contribution in [0.25, 0.3) is 0 Å². The van der Waals surface area contributed by atoms with Crippen LogP contribution in [-0.4, -0.2) is 41.5 Å². The molecule has 2 saturated heterocycles. The van der Waals surface area contributed by atoms with E-state index >= 15 is 0 Å². The second-order valence-corrected chi connectivity index (χ2v) is 6.07. The first-order valence-electron chi connectivity index (χ1n) is 7.82. The van der Waals surface area contributed by atoms with Crippen LogP contribution in [0.5, 0.6) is 0 Å². The van der Waals surface area contributed by atoms with Crippen molar-refractivity contribution in [3.63, 3.8) is 0 Å². The average Bonchev–Trinajstić information content (AvgIpc) is 3.04. The number of rotatable bonds is 3. The average molecular weight is 321 g/mol. The molecule has 0 saturated carbocycles. The minimum atomic E-state index is -0.800. The molecule has 2 atom stereocenters. The molecule has 1 aromatic rings. The molecule has 0 bridgehead atoms. The number of likely N-dealkylation sites (tertiary alicyclic amines) is 1. The molecule has 7 heteroatoms. The van der Waals surface area contributed by atoms with Crippen LogP contribution >= 0.6 is 0 Å². The van der Waals surface area contributed by atoms with Crippen molar-refractivity contribution in [2.45, 2.75) is 18.9 Å². The van der Waals surface area contributed by atoms with Crippen molar-refractivity contribution in [3.05, 3.63) is 35.6 Å². The zero-order valence-corrected chi connectivity index (χ0v) is 12.7. The van der Waals surface area contributed by atoms with Gasteiger partial charge in [0.1, 0.15) is 5.82 Å². The molecule has 23 heavy (non-hydrogen) atoms. The highest BCUT2D eigenvalue weighted by Gasteiger charge is 2.39. The van der Waals surface area contributed by atoms with Crippen molar-refractivity contribution >= 4 is 11.9 Å². The van der Waals surface area contributed by atoms with Crippen molar-refractivity contribution in [2.75, 3.05) is 19.6 Å². The number of nitrogens with zero attached hydrogens (tertiary/aromatic N) is 1. The molecule has 6 nitrogen and oxygen atoms in total. The van der Waals surface area contributed by atoms with Crippen molar-refractivity contribution in [2.24, 2.45) is 11.8 Å². The van der Waals surface area contributed by atoms with Crippen LogP contribution < -0.4 is 10.9 Å². The Labute approximate surface area is 133 Å². The van der Waals surface area contributed by atoms with Crippen LogP contribution in [0, 0.1) is 17.7 Å². The highest BCUT2D eigenvalue weighted by atomic mass is 19.1. The molecule has 2 fully saturated rings. The van der Waals surface area contributed by atoms with Crippen LogP contribution in [0.4, 0.5) is 4.39 Å². The molecule has 2 heterocycles. The molecular weight excluding hydrogens is 301 g/mol. The molecule has 124 valence electrons. The predicted octanol–water partition coefficient (Wildman–Crippen LogP) is 0.914. The molecule has 0 aromatic heterocycles. The van der Waals surface area contributed by atoms with E-state index in [-0.39, 0.29) is 17.6 Å². The van der Waals surface area contributed by atoms with Gasteiger partial charge in [0.05, 0.1) is 17.9 Å². The van der Waals surface area contributed by atoms with Crippen LogP contribution in [0.2, 0.25) is 0 Å². The summed E-state index contributed by atoms with van der Waals surface area (Å²) in [5, 5.41) is 9.03. The van der Waals surface area contributed by atoms with E-state index in [2.05, 4.69) is 10.9 Å². The molecule has 2 unspecified atom stereocenters.